The molecule has 9 nitrogen and oxygen atoms in total. The average molecular weight is 416 g/mol. The molecule has 4 aromatic rings. The van der Waals surface area contributed by atoms with Crippen LogP contribution >= 0.6 is 0 Å². The van der Waals surface area contributed by atoms with Crippen LogP contribution in [0.1, 0.15) is 10.4 Å². The summed E-state index contributed by atoms with van der Waals surface area (Å²) in [6, 6.07) is 7.16. The summed E-state index contributed by atoms with van der Waals surface area (Å²) in [5.41, 5.74) is 2.24. The van der Waals surface area contributed by atoms with Gasteiger partial charge < -0.3 is 15.5 Å². The maximum absolute atomic E-state index is 12.6. The Morgan fingerprint density at radius 1 is 1.16 bits per heavy atom. The van der Waals surface area contributed by atoms with Crippen LogP contribution in [0.3, 0.4) is 0 Å². The first-order valence-corrected chi connectivity index (χ1v) is 9.89. The Kier molecular flexibility index (Phi) is 5.85. The van der Waals surface area contributed by atoms with Gasteiger partial charge in [-0.3, -0.25) is 19.4 Å². The summed E-state index contributed by atoms with van der Waals surface area (Å²) in [7, 11) is 5.90. The van der Waals surface area contributed by atoms with E-state index in [9.17, 15) is 4.79 Å². The van der Waals surface area contributed by atoms with Gasteiger partial charge in [-0.1, -0.05) is 0 Å². The molecular formula is C22H24N8O. The number of aryl methyl sites for hydroxylation is 1. The van der Waals surface area contributed by atoms with Crippen molar-refractivity contribution in [2.24, 2.45) is 7.05 Å². The zero-order chi connectivity index (χ0) is 21.8. The molecule has 0 aromatic carbocycles. The predicted octanol–water partition coefficient (Wildman–Crippen LogP) is 2.65. The summed E-state index contributed by atoms with van der Waals surface area (Å²) < 4.78 is 1.74. The van der Waals surface area contributed by atoms with Gasteiger partial charge in [0.25, 0.3) is 5.91 Å². The zero-order valence-corrected chi connectivity index (χ0v) is 17.7. The smallest absolute Gasteiger partial charge is 0.256 e. The molecule has 9 heteroatoms. The average Bonchev–Trinajstić information content (AvgIpc) is 3.20. The molecule has 4 heterocycles. The first kappa shape index (κ1) is 20.4. The number of rotatable bonds is 7. The van der Waals surface area contributed by atoms with Crippen LogP contribution in [0.5, 0.6) is 0 Å². The van der Waals surface area contributed by atoms with Gasteiger partial charge >= 0.3 is 0 Å². The quantitative estimate of drug-likeness (QED) is 0.478. The maximum atomic E-state index is 12.6. The summed E-state index contributed by atoms with van der Waals surface area (Å²) in [5.74, 6) is 0.898. The fourth-order valence-electron chi connectivity index (χ4n) is 3.15. The first-order chi connectivity index (χ1) is 15.0. The van der Waals surface area contributed by atoms with Crippen molar-refractivity contribution in [3.8, 4) is 11.3 Å². The van der Waals surface area contributed by atoms with Gasteiger partial charge in [-0.05, 0) is 43.7 Å². The highest BCUT2D eigenvalue weighted by atomic mass is 16.1. The number of nitrogens with one attached hydrogen (secondary N) is 2. The molecule has 158 valence electrons. The predicted molar refractivity (Wildman–Crippen MR) is 121 cm³/mol. The molecule has 0 radical (unpaired) electrons. The molecule has 0 unspecified atom stereocenters. The number of amides is 1. The third kappa shape index (κ3) is 4.84. The largest absolute Gasteiger partial charge is 0.368 e. The summed E-state index contributed by atoms with van der Waals surface area (Å²) >= 11 is 0. The molecular weight excluding hydrogens is 392 g/mol. The number of hydrogen-bond donors (Lipinski definition) is 2. The summed E-state index contributed by atoms with van der Waals surface area (Å²) in [6.45, 7) is 1.55. The third-order valence-electron chi connectivity index (χ3n) is 4.75. The van der Waals surface area contributed by atoms with E-state index in [0.29, 0.717) is 23.7 Å². The van der Waals surface area contributed by atoms with Crippen molar-refractivity contribution in [3.05, 3.63) is 60.8 Å². The fraction of sp³-hybridized carbons (Fsp3) is 0.227. The number of aromatic nitrogens is 5. The molecule has 0 saturated heterocycles. The van der Waals surface area contributed by atoms with Crippen LogP contribution in [0, 0.1) is 0 Å². The second kappa shape index (κ2) is 8.88. The standard InChI is InChI=1S/C22H24N8O/c1-29(2)9-8-24-21-18-13-25-19(17-12-26-30(3)14-17)10-16(18)11-20(27-21)28-22(31)15-4-6-23-7-5-15/h4-7,10-14H,8-9H2,1-3H3,(H2,24,27,28,31). The van der Waals surface area contributed by atoms with E-state index >= 15 is 0 Å². The summed E-state index contributed by atoms with van der Waals surface area (Å²) in [6.07, 6.45) is 8.66. The molecule has 0 atom stereocenters. The zero-order valence-electron chi connectivity index (χ0n) is 17.7. The Morgan fingerprint density at radius 3 is 2.68 bits per heavy atom. The maximum Gasteiger partial charge on any atom is 0.256 e. The van der Waals surface area contributed by atoms with Gasteiger partial charge in [0.1, 0.15) is 11.6 Å². The molecule has 0 aliphatic heterocycles. The Labute approximate surface area is 180 Å². The minimum Gasteiger partial charge on any atom is -0.368 e. The second-order valence-electron chi connectivity index (χ2n) is 7.47. The molecule has 0 saturated carbocycles. The lowest BCUT2D eigenvalue weighted by atomic mass is 10.1. The second-order valence-corrected chi connectivity index (χ2v) is 7.47. The summed E-state index contributed by atoms with van der Waals surface area (Å²) in [5, 5.41) is 12.3. The van der Waals surface area contributed by atoms with Gasteiger partial charge in [0, 0.05) is 61.4 Å². The van der Waals surface area contributed by atoms with Crippen molar-refractivity contribution in [3.63, 3.8) is 0 Å². The Balaban J connectivity index is 1.71. The molecule has 0 aliphatic rings. The van der Waals surface area contributed by atoms with E-state index in [-0.39, 0.29) is 5.91 Å². The highest BCUT2D eigenvalue weighted by Crippen LogP contribution is 2.28. The molecule has 4 rings (SSSR count). The van der Waals surface area contributed by atoms with Crippen molar-refractivity contribution < 1.29 is 4.79 Å². The number of nitrogens with zero attached hydrogens (tertiary/aromatic N) is 6. The van der Waals surface area contributed by atoms with E-state index < -0.39 is 0 Å². The molecule has 0 aliphatic carbocycles. The lowest BCUT2D eigenvalue weighted by molar-refractivity contribution is 0.102. The van der Waals surface area contributed by atoms with E-state index in [4.69, 9.17) is 0 Å². The number of carbonyl (C=O) groups excluding carboxylic acids is 1. The van der Waals surface area contributed by atoms with E-state index in [2.05, 4.69) is 35.6 Å². The van der Waals surface area contributed by atoms with Crippen LogP contribution in [0.2, 0.25) is 0 Å². The number of hydrogen-bond acceptors (Lipinski definition) is 7. The van der Waals surface area contributed by atoms with Crippen molar-refractivity contribution in [1.29, 1.82) is 0 Å². The Bertz CT molecular complexity index is 1200. The number of pyridine rings is 3. The highest BCUT2D eigenvalue weighted by Gasteiger charge is 2.12. The van der Waals surface area contributed by atoms with Crippen molar-refractivity contribution in [2.75, 3.05) is 37.8 Å². The molecule has 31 heavy (non-hydrogen) atoms. The van der Waals surface area contributed by atoms with Gasteiger partial charge in [-0.15, -0.1) is 0 Å². The number of anilines is 2. The number of fused-ring (bicyclic) bond motifs is 1. The monoisotopic (exact) mass is 416 g/mol. The van der Waals surface area contributed by atoms with Crippen molar-refractivity contribution >= 4 is 28.3 Å². The summed E-state index contributed by atoms with van der Waals surface area (Å²) in [4.78, 5) is 27.9. The van der Waals surface area contributed by atoms with Crippen LogP contribution < -0.4 is 10.6 Å². The number of likely N-dealkylation sites (N-methyl/N-ethyl adjacent to an activating group) is 1. The minimum absolute atomic E-state index is 0.241. The molecule has 2 N–H and O–H groups in total. The van der Waals surface area contributed by atoms with Gasteiger partial charge in [0.15, 0.2) is 0 Å². The van der Waals surface area contributed by atoms with Gasteiger partial charge in [0.2, 0.25) is 0 Å². The minimum atomic E-state index is -0.241. The Morgan fingerprint density at radius 2 is 1.97 bits per heavy atom. The lowest BCUT2D eigenvalue weighted by Gasteiger charge is -2.14. The van der Waals surface area contributed by atoms with Gasteiger partial charge in [-0.2, -0.15) is 5.10 Å². The van der Waals surface area contributed by atoms with Crippen molar-refractivity contribution in [2.45, 2.75) is 0 Å². The van der Waals surface area contributed by atoms with E-state index in [1.54, 1.807) is 41.6 Å². The lowest BCUT2D eigenvalue weighted by Crippen LogP contribution is -2.21. The highest BCUT2D eigenvalue weighted by molar-refractivity contribution is 6.05. The molecule has 0 spiro atoms. The van der Waals surface area contributed by atoms with E-state index in [1.165, 1.54) is 0 Å². The Hall–Kier alpha value is -3.85. The van der Waals surface area contributed by atoms with E-state index in [0.717, 1.165) is 28.6 Å². The van der Waals surface area contributed by atoms with Crippen LogP contribution in [0.4, 0.5) is 11.6 Å². The van der Waals surface area contributed by atoms with Crippen LogP contribution in [-0.4, -0.2) is 62.7 Å². The molecule has 0 fully saturated rings. The third-order valence-corrected chi connectivity index (χ3v) is 4.75. The SMILES string of the molecule is CN(C)CCNc1nc(NC(=O)c2ccncc2)cc2cc(-c3cnn(C)c3)ncc12. The normalized spacial score (nSPS) is 11.1. The van der Waals surface area contributed by atoms with Crippen LogP contribution in [-0.2, 0) is 7.05 Å². The molecule has 0 bridgehead atoms. The number of carbonyl (C=O) groups is 1. The molecule has 4 aromatic heterocycles. The molecule has 1 amide bonds. The van der Waals surface area contributed by atoms with Crippen LogP contribution in [0.15, 0.2) is 55.2 Å². The van der Waals surface area contributed by atoms with E-state index in [1.807, 2.05) is 39.5 Å². The van der Waals surface area contributed by atoms with Crippen LogP contribution in [0.25, 0.3) is 22.0 Å². The van der Waals surface area contributed by atoms with Gasteiger partial charge in [-0.25, -0.2) is 4.98 Å². The van der Waals surface area contributed by atoms with Gasteiger partial charge in [0.05, 0.1) is 11.9 Å². The van der Waals surface area contributed by atoms with Crippen molar-refractivity contribution in [1.82, 2.24) is 29.6 Å². The fourth-order valence-corrected chi connectivity index (χ4v) is 3.15. The topological polar surface area (TPSA) is 101 Å². The first-order valence-electron chi connectivity index (χ1n) is 9.89.